The maximum atomic E-state index is 13.9. The van der Waals surface area contributed by atoms with Crippen molar-refractivity contribution in [1.29, 1.82) is 0 Å². The molecule has 0 aliphatic rings. The van der Waals surface area contributed by atoms with Crippen molar-refractivity contribution in [2.75, 3.05) is 21.3 Å². The lowest BCUT2D eigenvalue weighted by molar-refractivity contribution is 0.103. The van der Waals surface area contributed by atoms with Crippen LogP contribution in [0.25, 0.3) is 0 Å². The number of hydrogen-bond donors (Lipinski definition) is 0. The molecule has 0 radical (unpaired) electrons. The Morgan fingerprint density at radius 3 is 1.94 bits per heavy atom. The standard InChI is InChI=1S/C27H29O6P/c1-6-17-13-14-21(25(28)18-11-9-8-10-12-18)20(7-2)26(17)34(30)27(29)24-22(32-4)15-19(31-3)16-23(24)33-5/h8-16,34H,6-7H2,1-5H3. The van der Waals surface area contributed by atoms with Crippen molar-refractivity contribution in [3.63, 3.8) is 0 Å². The number of carbonyl (C=O) groups is 2. The van der Waals surface area contributed by atoms with Crippen molar-refractivity contribution in [1.82, 2.24) is 0 Å². The van der Waals surface area contributed by atoms with Crippen molar-refractivity contribution < 1.29 is 28.4 Å². The van der Waals surface area contributed by atoms with Crippen LogP contribution in [0.15, 0.2) is 54.6 Å². The summed E-state index contributed by atoms with van der Waals surface area (Å²) in [5, 5.41) is 0.446. The first-order chi connectivity index (χ1) is 16.4. The Kier molecular flexibility index (Phi) is 8.30. The number of ether oxygens (including phenoxy) is 3. The van der Waals surface area contributed by atoms with Crippen LogP contribution >= 0.6 is 7.80 Å². The molecule has 0 spiro atoms. The Bertz CT molecular complexity index is 1210. The summed E-state index contributed by atoms with van der Waals surface area (Å²) in [4.78, 5) is 26.9. The highest BCUT2D eigenvalue weighted by Gasteiger charge is 2.30. The van der Waals surface area contributed by atoms with E-state index in [0.29, 0.717) is 40.6 Å². The van der Waals surface area contributed by atoms with E-state index in [1.165, 1.54) is 21.3 Å². The molecule has 0 bridgehead atoms. The van der Waals surface area contributed by atoms with Gasteiger partial charge in [0.25, 0.3) is 0 Å². The van der Waals surface area contributed by atoms with Crippen molar-refractivity contribution >= 4 is 24.4 Å². The third kappa shape index (κ3) is 4.78. The van der Waals surface area contributed by atoms with Crippen LogP contribution in [-0.2, 0) is 17.4 Å². The lowest BCUT2D eigenvalue weighted by Crippen LogP contribution is -2.20. The number of hydrogen-bond acceptors (Lipinski definition) is 6. The monoisotopic (exact) mass is 480 g/mol. The van der Waals surface area contributed by atoms with E-state index >= 15 is 0 Å². The van der Waals surface area contributed by atoms with Gasteiger partial charge in [0.15, 0.2) is 13.6 Å². The van der Waals surface area contributed by atoms with Crippen LogP contribution in [0.5, 0.6) is 17.2 Å². The molecule has 0 amide bonds. The minimum atomic E-state index is -3.04. The first-order valence-electron chi connectivity index (χ1n) is 11.0. The molecule has 0 aromatic heterocycles. The molecule has 1 atom stereocenters. The quantitative estimate of drug-likeness (QED) is 0.297. The lowest BCUT2D eigenvalue weighted by Gasteiger charge is -2.18. The van der Waals surface area contributed by atoms with E-state index in [9.17, 15) is 14.2 Å². The number of ketones is 1. The lowest BCUT2D eigenvalue weighted by atomic mass is 9.94. The fourth-order valence-corrected chi connectivity index (χ4v) is 5.89. The van der Waals surface area contributed by atoms with Gasteiger partial charge in [-0.05, 0) is 24.0 Å². The molecule has 0 saturated heterocycles. The van der Waals surface area contributed by atoms with Gasteiger partial charge < -0.3 is 18.8 Å². The molecule has 0 heterocycles. The topological polar surface area (TPSA) is 78.9 Å². The van der Waals surface area contributed by atoms with E-state index in [1.54, 1.807) is 48.5 Å². The molecule has 1 unspecified atom stereocenters. The number of aryl methyl sites for hydroxylation is 1. The van der Waals surface area contributed by atoms with Gasteiger partial charge in [0.05, 0.1) is 21.3 Å². The van der Waals surface area contributed by atoms with Crippen molar-refractivity contribution in [2.24, 2.45) is 0 Å². The van der Waals surface area contributed by atoms with Crippen LogP contribution in [0.1, 0.15) is 51.3 Å². The Labute approximate surface area is 200 Å². The molecule has 6 nitrogen and oxygen atoms in total. The fraction of sp³-hybridized carbons (Fsp3) is 0.259. The number of carbonyl (C=O) groups excluding carboxylic acids is 2. The highest BCUT2D eigenvalue weighted by atomic mass is 31.1. The second kappa shape index (κ2) is 11.2. The molecular formula is C27H29O6P. The Balaban J connectivity index is 2.19. The average molecular weight is 480 g/mol. The predicted octanol–water partition coefficient (Wildman–Crippen LogP) is 5.09. The van der Waals surface area contributed by atoms with E-state index < -0.39 is 13.3 Å². The van der Waals surface area contributed by atoms with Gasteiger partial charge in [0, 0.05) is 28.6 Å². The molecular weight excluding hydrogens is 451 g/mol. The van der Waals surface area contributed by atoms with Gasteiger partial charge in [-0.2, -0.15) is 0 Å². The van der Waals surface area contributed by atoms with Gasteiger partial charge in [0.1, 0.15) is 22.8 Å². The minimum absolute atomic E-state index is 0.0959. The smallest absolute Gasteiger partial charge is 0.230 e. The predicted molar refractivity (Wildman–Crippen MR) is 134 cm³/mol. The maximum absolute atomic E-state index is 13.9. The second-order valence-electron chi connectivity index (χ2n) is 7.59. The maximum Gasteiger partial charge on any atom is 0.230 e. The third-order valence-corrected chi connectivity index (χ3v) is 7.53. The zero-order valence-electron chi connectivity index (χ0n) is 20.1. The average Bonchev–Trinajstić information content (AvgIpc) is 2.90. The highest BCUT2D eigenvalue weighted by molar-refractivity contribution is 7.71. The number of methoxy groups -OCH3 is 3. The summed E-state index contributed by atoms with van der Waals surface area (Å²) in [6.07, 6.45) is 1.03. The third-order valence-electron chi connectivity index (χ3n) is 5.79. The van der Waals surface area contributed by atoms with E-state index in [0.717, 1.165) is 5.56 Å². The molecule has 3 rings (SSSR count). The fourth-order valence-electron chi connectivity index (χ4n) is 4.06. The summed E-state index contributed by atoms with van der Waals surface area (Å²) < 4.78 is 30.0. The van der Waals surface area contributed by atoms with Crippen LogP contribution in [0, 0.1) is 0 Å². The molecule has 0 saturated carbocycles. The Morgan fingerprint density at radius 1 is 0.824 bits per heavy atom. The Hall–Kier alpha value is -3.37. The van der Waals surface area contributed by atoms with E-state index in [1.807, 2.05) is 19.9 Å². The SMILES string of the molecule is CCc1ccc(C(=O)c2ccccc2)c(CC)c1[PH](=O)C(=O)c1c(OC)cc(OC)cc1OC. The molecule has 0 aliphatic carbocycles. The second-order valence-corrected chi connectivity index (χ2v) is 9.21. The summed E-state index contributed by atoms with van der Waals surface area (Å²) in [6, 6.07) is 15.6. The van der Waals surface area contributed by atoms with E-state index in [-0.39, 0.29) is 22.8 Å². The molecule has 178 valence electrons. The van der Waals surface area contributed by atoms with Gasteiger partial charge >= 0.3 is 0 Å². The molecule has 0 N–H and O–H groups in total. The molecule has 34 heavy (non-hydrogen) atoms. The van der Waals surface area contributed by atoms with Crippen LogP contribution < -0.4 is 19.5 Å². The number of benzene rings is 3. The van der Waals surface area contributed by atoms with Gasteiger partial charge in [0.2, 0.25) is 5.52 Å². The summed E-state index contributed by atoms with van der Waals surface area (Å²) in [5.74, 6) is 0.714. The molecule has 0 fully saturated rings. The highest BCUT2D eigenvalue weighted by Crippen LogP contribution is 2.41. The number of rotatable bonds is 10. The van der Waals surface area contributed by atoms with Gasteiger partial charge in [-0.25, -0.2) is 0 Å². The van der Waals surface area contributed by atoms with Crippen LogP contribution in [0.2, 0.25) is 0 Å². The zero-order chi connectivity index (χ0) is 24.8. The first kappa shape index (κ1) is 25.3. The van der Waals surface area contributed by atoms with Crippen molar-refractivity contribution in [3.8, 4) is 17.2 Å². The molecule has 3 aromatic rings. The van der Waals surface area contributed by atoms with Gasteiger partial charge in [-0.1, -0.05) is 56.3 Å². The van der Waals surface area contributed by atoms with Crippen LogP contribution in [-0.4, -0.2) is 32.6 Å². The largest absolute Gasteiger partial charge is 0.496 e. The zero-order valence-corrected chi connectivity index (χ0v) is 21.1. The van der Waals surface area contributed by atoms with Crippen molar-refractivity contribution in [2.45, 2.75) is 26.7 Å². The van der Waals surface area contributed by atoms with Crippen molar-refractivity contribution in [3.05, 3.63) is 82.4 Å². The summed E-state index contributed by atoms with van der Waals surface area (Å²) >= 11 is 0. The van der Waals surface area contributed by atoms with Crippen LogP contribution in [0.3, 0.4) is 0 Å². The Morgan fingerprint density at radius 2 is 1.44 bits per heavy atom. The van der Waals surface area contributed by atoms with Gasteiger partial charge in [-0.15, -0.1) is 0 Å². The van der Waals surface area contributed by atoms with E-state index in [4.69, 9.17) is 14.2 Å². The van der Waals surface area contributed by atoms with Crippen LogP contribution in [0.4, 0.5) is 0 Å². The van der Waals surface area contributed by atoms with Gasteiger partial charge in [-0.3, -0.25) is 9.59 Å². The first-order valence-corrected chi connectivity index (χ1v) is 12.5. The summed E-state index contributed by atoms with van der Waals surface area (Å²) in [6.45, 7) is 3.83. The summed E-state index contributed by atoms with van der Waals surface area (Å²) in [7, 11) is 1.31. The summed E-state index contributed by atoms with van der Waals surface area (Å²) in [5.41, 5.74) is 1.92. The molecule has 7 heteroatoms. The molecule has 3 aromatic carbocycles. The van der Waals surface area contributed by atoms with E-state index in [2.05, 4.69) is 0 Å². The minimum Gasteiger partial charge on any atom is -0.496 e. The molecule has 0 aliphatic heterocycles. The normalized spacial score (nSPS) is 11.6.